The summed E-state index contributed by atoms with van der Waals surface area (Å²) in [7, 11) is 7.55. The molecule has 0 rings (SSSR count). The zero-order chi connectivity index (χ0) is 9.98. The summed E-state index contributed by atoms with van der Waals surface area (Å²) in [6.07, 6.45) is 0. The minimum Gasteiger partial charge on any atom is -0.854 e. The zero-order valence-corrected chi connectivity index (χ0v) is 12.2. The van der Waals surface area contributed by atoms with Crippen LogP contribution >= 0.6 is 0 Å². The Morgan fingerprint density at radius 3 is 1.00 bits per heavy atom. The van der Waals surface area contributed by atoms with E-state index in [9.17, 15) is 10.2 Å². The molecule has 0 spiro atoms. The van der Waals surface area contributed by atoms with Crippen LogP contribution in [0, 0.1) is 0 Å². The summed E-state index contributed by atoms with van der Waals surface area (Å²) < 4.78 is 0. The van der Waals surface area contributed by atoms with Crippen LogP contribution in [0.4, 0.5) is 0 Å². The third kappa shape index (κ3) is 32.7. The van der Waals surface area contributed by atoms with Gasteiger partial charge in [-0.2, -0.15) is 0 Å². The Labute approximate surface area is 94.3 Å². The molecule has 0 aromatic heterocycles. The maximum absolute atomic E-state index is 9.70. The van der Waals surface area contributed by atoms with E-state index in [4.69, 9.17) is 0 Å². The van der Waals surface area contributed by atoms with E-state index >= 15 is 0 Å². The predicted molar refractivity (Wildman–Crippen MR) is 46.8 cm³/mol. The van der Waals surface area contributed by atoms with Crippen molar-refractivity contribution in [1.82, 2.24) is 9.80 Å². The van der Waals surface area contributed by atoms with Crippen LogP contribution in [-0.4, -0.2) is 64.3 Å². The quantitative estimate of drug-likeness (QED) is 0.525. The summed E-state index contributed by atoms with van der Waals surface area (Å²) >= 11 is 0. The fourth-order valence-corrected chi connectivity index (χ4v) is 0.365. The molecular formula is C8H20N2O2Zn. The molecule has 0 aliphatic rings. The van der Waals surface area contributed by atoms with Gasteiger partial charge in [-0.15, -0.1) is 13.2 Å². The fraction of sp³-hybridized carbons (Fsp3) is 1.00. The molecule has 0 aromatic rings. The van der Waals surface area contributed by atoms with Crippen LogP contribution in [-0.2, 0) is 19.5 Å². The van der Waals surface area contributed by atoms with E-state index in [0.29, 0.717) is 13.1 Å². The summed E-state index contributed by atoms with van der Waals surface area (Å²) in [4.78, 5) is 3.74. The number of rotatable bonds is 4. The van der Waals surface area contributed by atoms with Crippen LogP contribution in [0.25, 0.3) is 0 Å². The van der Waals surface area contributed by atoms with Gasteiger partial charge in [-0.05, 0) is 41.3 Å². The van der Waals surface area contributed by atoms with Gasteiger partial charge in [-0.3, -0.25) is 0 Å². The Balaban J connectivity index is -0.000000143. The largest absolute Gasteiger partial charge is 2.00 e. The first kappa shape index (κ1) is 19.1. The van der Waals surface area contributed by atoms with Crippen LogP contribution in [0.1, 0.15) is 0 Å². The molecule has 0 radical (unpaired) electrons. The van der Waals surface area contributed by atoms with Gasteiger partial charge in [0, 0.05) is 0 Å². The van der Waals surface area contributed by atoms with Gasteiger partial charge in [0.15, 0.2) is 0 Å². The van der Waals surface area contributed by atoms with Crippen molar-refractivity contribution < 1.29 is 29.7 Å². The van der Waals surface area contributed by atoms with Gasteiger partial charge in [0.25, 0.3) is 0 Å². The smallest absolute Gasteiger partial charge is 0.854 e. The Hall–Kier alpha value is 0.463. The first-order chi connectivity index (χ1) is 5.54. The molecule has 0 bridgehead atoms. The average molecular weight is 242 g/mol. The minimum absolute atomic E-state index is 0. The van der Waals surface area contributed by atoms with Crippen molar-refractivity contribution >= 4 is 0 Å². The molecule has 0 aliphatic carbocycles. The second kappa shape index (κ2) is 15.0. The SMILES string of the molecule is CN(C)CC[O-].CN(C)CC[O-].[Zn+2]. The normalized spacial score (nSPS) is 9.23. The molecule has 0 saturated carbocycles. The molecule has 0 fully saturated rings. The van der Waals surface area contributed by atoms with Gasteiger partial charge in [0.2, 0.25) is 0 Å². The second-order valence-corrected chi connectivity index (χ2v) is 3.01. The number of likely N-dealkylation sites (N-methyl/N-ethyl adjacent to an activating group) is 2. The van der Waals surface area contributed by atoms with Crippen LogP contribution in [0.15, 0.2) is 0 Å². The summed E-state index contributed by atoms with van der Waals surface area (Å²) in [5, 5.41) is 19.4. The molecular weight excluding hydrogens is 221 g/mol. The predicted octanol–water partition coefficient (Wildman–Crippen LogP) is -2.19. The van der Waals surface area contributed by atoms with Crippen molar-refractivity contribution in [3.05, 3.63) is 0 Å². The van der Waals surface area contributed by atoms with Gasteiger partial charge in [0.1, 0.15) is 0 Å². The average Bonchev–Trinajstić information content (AvgIpc) is 1.87. The number of hydrogen-bond donors (Lipinski definition) is 0. The van der Waals surface area contributed by atoms with E-state index in [1.807, 2.05) is 38.0 Å². The van der Waals surface area contributed by atoms with Crippen LogP contribution in [0.5, 0.6) is 0 Å². The molecule has 0 saturated heterocycles. The molecule has 0 aliphatic heterocycles. The monoisotopic (exact) mass is 240 g/mol. The van der Waals surface area contributed by atoms with Gasteiger partial charge in [-0.25, -0.2) is 0 Å². The van der Waals surface area contributed by atoms with Crippen LogP contribution in [0.3, 0.4) is 0 Å². The first-order valence-electron chi connectivity index (χ1n) is 4.00. The first-order valence-corrected chi connectivity index (χ1v) is 4.00. The molecule has 0 heterocycles. The number of hydrogen-bond acceptors (Lipinski definition) is 4. The molecule has 4 nitrogen and oxygen atoms in total. The van der Waals surface area contributed by atoms with E-state index in [1.54, 1.807) is 0 Å². The van der Waals surface area contributed by atoms with Crippen molar-refractivity contribution in [2.45, 2.75) is 0 Å². The van der Waals surface area contributed by atoms with Crippen molar-refractivity contribution in [1.29, 1.82) is 0 Å². The van der Waals surface area contributed by atoms with Crippen LogP contribution < -0.4 is 10.2 Å². The molecule has 0 aromatic carbocycles. The molecule has 76 valence electrons. The van der Waals surface area contributed by atoms with Gasteiger partial charge >= 0.3 is 19.5 Å². The molecule has 0 amide bonds. The fourth-order valence-electron chi connectivity index (χ4n) is 0.365. The van der Waals surface area contributed by atoms with E-state index in [0.717, 1.165) is 0 Å². The Morgan fingerprint density at radius 1 is 0.769 bits per heavy atom. The summed E-state index contributed by atoms with van der Waals surface area (Å²) in [5.41, 5.74) is 0. The Morgan fingerprint density at radius 2 is 1.00 bits per heavy atom. The minimum atomic E-state index is 0. The molecule has 13 heavy (non-hydrogen) atoms. The van der Waals surface area contributed by atoms with E-state index in [2.05, 4.69) is 0 Å². The summed E-state index contributed by atoms with van der Waals surface area (Å²) in [5.74, 6) is 0. The maximum atomic E-state index is 9.70. The summed E-state index contributed by atoms with van der Waals surface area (Å²) in [6.45, 7) is 1.32. The standard InChI is InChI=1S/2C4H10NO.Zn/c2*1-5(2)3-4-6;/h2*3-4H2,1-2H3;/q2*-1;+2. The van der Waals surface area contributed by atoms with Crippen LogP contribution in [0.2, 0.25) is 0 Å². The van der Waals surface area contributed by atoms with E-state index in [1.165, 1.54) is 0 Å². The van der Waals surface area contributed by atoms with Crippen molar-refractivity contribution in [3.63, 3.8) is 0 Å². The van der Waals surface area contributed by atoms with Gasteiger partial charge in [-0.1, -0.05) is 0 Å². The van der Waals surface area contributed by atoms with Gasteiger partial charge < -0.3 is 20.0 Å². The molecule has 5 heteroatoms. The van der Waals surface area contributed by atoms with Crippen molar-refractivity contribution in [2.24, 2.45) is 0 Å². The topological polar surface area (TPSA) is 52.6 Å². The van der Waals surface area contributed by atoms with Crippen molar-refractivity contribution in [2.75, 3.05) is 54.5 Å². The second-order valence-electron chi connectivity index (χ2n) is 3.01. The van der Waals surface area contributed by atoms with E-state index < -0.39 is 0 Å². The van der Waals surface area contributed by atoms with Gasteiger partial charge in [0.05, 0.1) is 0 Å². The van der Waals surface area contributed by atoms with Crippen molar-refractivity contribution in [3.8, 4) is 0 Å². The maximum Gasteiger partial charge on any atom is 2.00 e. The zero-order valence-electron chi connectivity index (χ0n) is 9.25. The summed E-state index contributed by atoms with van der Waals surface area (Å²) in [6, 6.07) is 0. The van der Waals surface area contributed by atoms with E-state index in [-0.39, 0.29) is 32.7 Å². The third-order valence-electron chi connectivity index (χ3n) is 1.08. The Kier molecular flexibility index (Phi) is 22.0. The number of nitrogens with zero attached hydrogens (tertiary/aromatic N) is 2. The molecule has 0 N–H and O–H groups in total. The molecule has 0 atom stereocenters. The Bertz CT molecular complexity index is 72.5. The third-order valence-corrected chi connectivity index (χ3v) is 1.08. The molecule has 0 unspecified atom stereocenters.